The monoisotopic (exact) mass is 331 g/mol. The Morgan fingerprint density at radius 2 is 1.96 bits per heavy atom. The first-order valence-electron chi connectivity index (χ1n) is 7.50. The predicted molar refractivity (Wildman–Crippen MR) is 90.5 cm³/mol. The van der Waals surface area contributed by atoms with Crippen LogP contribution in [0.25, 0.3) is 0 Å². The Hall–Kier alpha value is -1.95. The number of hydrogen-bond acceptors (Lipinski definition) is 4. The lowest BCUT2D eigenvalue weighted by Crippen LogP contribution is -2.28. The lowest BCUT2D eigenvalue weighted by molar-refractivity contribution is -0.385. The zero-order valence-corrected chi connectivity index (χ0v) is 13.3. The second-order valence-electron chi connectivity index (χ2n) is 5.91. The van der Waals surface area contributed by atoms with Gasteiger partial charge in [0, 0.05) is 48.2 Å². The summed E-state index contributed by atoms with van der Waals surface area (Å²) in [6, 6.07) is 14.9. The van der Waals surface area contributed by atoms with E-state index in [1.807, 2.05) is 18.2 Å². The lowest BCUT2D eigenvalue weighted by atomic mass is 9.95. The minimum absolute atomic E-state index is 0.0237. The third-order valence-electron chi connectivity index (χ3n) is 4.30. The summed E-state index contributed by atoms with van der Waals surface area (Å²) in [6.07, 6.45) is 0. The van der Waals surface area contributed by atoms with Crippen LogP contribution in [0.3, 0.4) is 0 Å². The zero-order valence-electron chi connectivity index (χ0n) is 12.6. The maximum atomic E-state index is 11.2. The van der Waals surface area contributed by atoms with Gasteiger partial charge in [0.1, 0.15) is 0 Å². The number of hydrogen-bond donors (Lipinski definition) is 1. The van der Waals surface area contributed by atoms with Crippen LogP contribution in [0.15, 0.2) is 48.5 Å². The summed E-state index contributed by atoms with van der Waals surface area (Å²) >= 11 is 5.99. The predicted octanol–water partition coefficient (Wildman–Crippen LogP) is 3.17. The number of benzene rings is 2. The fourth-order valence-electron chi connectivity index (χ4n) is 3.20. The highest BCUT2D eigenvalue weighted by atomic mass is 35.5. The summed E-state index contributed by atoms with van der Waals surface area (Å²) in [4.78, 5) is 13.0. The molecule has 2 aromatic rings. The number of nitrogens with two attached hydrogens (primary N) is 1. The topological polar surface area (TPSA) is 72.4 Å². The van der Waals surface area contributed by atoms with Crippen LogP contribution < -0.4 is 5.73 Å². The maximum Gasteiger partial charge on any atom is 0.273 e. The molecule has 6 heteroatoms. The van der Waals surface area contributed by atoms with Gasteiger partial charge < -0.3 is 5.73 Å². The van der Waals surface area contributed by atoms with Crippen molar-refractivity contribution in [2.45, 2.75) is 18.5 Å². The summed E-state index contributed by atoms with van der Waals surface area (Å²) in [5.41, 5.74) is 8.22. The van der Waals surface area contributed by atoms with Crippen LogP contribution in [-0.4, -0.2) is 29.0 Å². The van der Waals surface area contributed by atoms with Gasteiger partial charge in [0.25, 0.3) is 5.69 Å². The maximum absolute atomic E-state index is 11.2. The van der Waals surface area contributed by atoms with Crippen molar-refractivity contribution in [3.05, 3.63) is 74.8 Å². The van der Waals surface area contributed by atoms with Crippen molar-refractivity contribution in [3.63, 3.8) is 0 Å². The Morgan fingerprint density at radius 3 is 2.65 bits per heavy atom. The van der Waals surface area contributed by atoms with Crippen molar-refractivity contribution in [1.29, 1.82) is 0 Å². The van der Waals surface area contributed by atoms with Gasteiger partial charge in [0.2, 0.25) is 0 Å². The zero-order chi connectivity index (χ0) is 16.4. The summed E-state index contributed by atoms with van der Waals surface area (Å²) in [6.45, 7) is 1.98. The molecule has 3 rings (SSSR count). The molecule has 0 bridgehead atoms. The van der Waals surface area contributed by atoms with Crippen molar-refractivity contribution in [3.8, 4) is 0 Å². The fraction of sp³-hybridized carbons (Fsp3) is 0.294. The molecule has 0 unspecified atom stereocenters. The Labute approximate surface area is 139 Å². The number of rotatable bonds is 4. The van der Waals surface area contributed by atoms with Gasteiger partial charge in [-0.05, 0) is 17.7 Å². The molecule has 2 aromatic carbocycles. The molecule has 120 valence electrons. The van der Waals surface area contributed by atoms with E-state index in [-0.39, 0.29) is 22.6 Å². The van der Waals surface area contributed by atoms with E-state index in [9.17, 15) is 10.1 Å². The first-order valence-corrected chi connectivity index (χ1v) is 7.88. The molecule has 0 amide bonds. The minimum Gasteiger partial charge on any atom is -0.326 e. The van der Waals surface area contributed by atoms with E-state index in [2.05, 4.69) is 17.0 Å². The van der Waals surface area contributed by atoms with E-state index in [4.69, 9.17) is 17.3 Å². The van der Waals surface area contributed by atoms with Gasteiger partial charge in [-0.3, -0.25) is 15.0 Å². The van der Waals surface area contributed by atoms with E-state index in [1.165, 1.54) is 11.6 Å². The highest BCUT2D eigenvalue weighted by Gasteiger charge is 2.32. The molecule has 23 heavy (non-hydrogen) atoms. The fourth-order valence-corrected chi connectivity index (χ4v) is 3.39. The molecule has 0 radical (unpaired) electrons. The Bertz CT molecular complexity index is 708. The van der Waals surface area contributed by atoms with Crippen LogP contribution in [0, 0.1) is 10.1 Å². The van der Waals surface area contributed by atoms with Gasteiger partial charge in [-0.1, -0.05) is 41.9 Å². The number of likely N-dealkylation sites (tertiary alicyclic amines) is 1. The molecule has 2 N–H and O–H groups in total. The SMILES string of the molecule is N[C@@H]1CN(Cc2cc(Cl)ccc2[N+](=O)[O-])C[C@H]1c1ccccc1. The van der Waals surface area contributed by atoms with Crippen molar-refractivity contribution >= 4 is 17.3 Å². The van der Waals surface area contributed by atoms with Gasteiger partial charge in [0.15, 0.2) is 0 Å². The second-order valence-corrected chi connectivity index (χ2v) is 6.34. The van der Waals surface area contributed by atoms with Crippen LogP contribution in [0.1, 0.15) is 17.0 Å². The van der Waals surface area contributed by atoms with Crippen molar-refractivity contribution in [2.75, 3.05) is 13.1 Å². The standard InChI is InChI=1S/C17H18ClN3O2/c18-14-6-7-17(21(22)23)13(8-14)9-20-10-15(16(19)11-20)12-4-2-1-3-5-12/h1-8,15-16H,9-11,19H2/t15-,16+/m0/s1. The highest BCUT2D eigenvalue weighted by Crippen LogP contribution is 2.30. The molecule has 1 aliphatic rings. The average Bonchev–Trinajstić information content (AvgIpc) is 2.88. The molecule has 1 aliphatic heterocycles. The van der Waals surface area contributed by atoms with Gasteiger partial charge in [0.05, 0.1) is 4.92 Å². The molecular formula is C17H18ClN3O2. The van der Waals surface area contributed by atoms with E-state index in [1.54, 1.807) is 12.1 Å². The first-order chi connectivity index (χ1) is 11.0. The Kier molecular flexibility index (Phi) is 4.61. The van der Waals surface area contributed by atoms with Crippen LogP contribution in [0.5, 0.6) is 0 Å². The third kappa shape index (κ3) is 3.52. The van der Waals surface area contributed by atoms with Crippen LogP contribution in [0.4, 0.5) is 5.69 Å². The van der Waals surface area contributed by atoms with Crippen molar-refractivity contribution < 1.29 is 4.92 Å². The quantitative estimate of drug-likeness (QED) is 0.690. The molecule has 0 aromatic heterocycles. The molecule has 1 saturated heterocycles. The van der Waals surface area contributed by atoms with Gasteiger partial charge >= 0.3 is 0 Å². The smallest absolute Gasteiger partial charge is 0.273 e. The molecule has 1 heterocycles. The van der Waals surface area contributed by atoms with E-state index in [0.717, 1.165) is 6.54 Å². The summed E-state index contributed by atoms with van der Waals surface area (Å²) in [5.74, 6) is 0.245. The second kappa shape index (κ2) is 6.66. The largest absolute Gasteiger partial charge is 0.326 e. The minimum atomic E-state index is -0.365. The summed E-state index contributed by atoms with van der Waals surface area (Å²) < 4.78 is 0. The van der Waals surface area contributed by atoms with Gasteiger partial charge in [-0.25, -0.2) is 0 Å². The molecule has 5 nitrogen and oxygen atoms in total. The Balaban J connectivity index is 1.78. The molecular weight excluding hydrogens is 314 g/mol. The molecule has 2 atom stereocenters. The van der Waals surface area contributed by atoms with E-state index >= 15 is 0 Å². The lowest BCUT2D eigenvalue weighted by Gasteiger charge is -2.16. The molecule has 0 aliphatic carbocycles. The van der Waals surface area contributed by atoms with Gasteiger partial charge in [-0.2, -0.15) is 0 Å². The number of halogens is 1. The molecule has 1 fully saturated rings. The molecule has 0 spiro atoms. The van der Waals surface area contributed by atoms with Gasteiger partial charge in [-0.15, -0.1) is 0 Å². The Morgan fingerprint density at radius 1 is 1.22 bits per heavy atom. The van der Waals surface area contributed by atoms with Crippen LogP contribution in [-0.2, 0) is 6.54 Å². The highest BCUT2D eigenvalue weighted by molar-refractivity contribution is 6.30. The summed E-state index contributed by atoms with van der Waals surface area (Å²) in [7, 11) is 0. The van der Waals surface area contributed by atoms with Crippen LogP contribution in [0.2, 0.25) is 5.02 Å². The van der Waals surface area contributed by atoms with Crippen molar-refractivity contribution in [2.24, 2.45) is 5.73 Å². The third-order valence-corrected chi connectivity index (χ3v) is 4.54. The number of nitrogens with zero attached hydrogens (tertiary/aromatic N) is 2. The molecule has 0 saturated carbocycles. The normalized spacial score (nSPS) is 21.5. The summed E-state index contributed by atoms with van der Waals surface area (Å²) in [5, 5.41) is 11.7. The number of nitro groups is 1. The van der Waals surface area contributed by atoms with Crippen molar-refractivity contribution in [1.82, 2.24) is 4.90 Å². The van der Waals surface area contributed by atoms with E-state index < -0.39 is 0 Å². The van der Waals surface area contributed by atoms with Crippen LogP contribution >= 0.6 is 11.6 Å². The first kappa shape index (κ1) is 15.9. The number of nitro benzene ring substituents is 1. The average molecular weight is 332 g/mol. The van der Waals surface area contributed by atoms with E-state index in [0.29, 0.717) is 23.7 Å².